The molecule has 0 radical (unpaired) electrons. The number of methoxy groups -OCH3 is 1. The quantitative estimate of drug-likeness (QED) is 0.830. The Labute approximate surface area is 162 Å². The lowest BCUT2D eigenvalue weighted by Gasteiger charge is -2.30. The van der Waals surface area contributed by atoms with Crippen LogP contribution in [0.2, 0.25) is 5.02 Å². The summed E-state index contributed by atoms with van der Waals surface area (Å²) in [6.07, 6.45) is 9.86. The fourth-order valence-corrected chi connectivity index (χ4v) is 3.13. The largest absolute Gasteiger partial charge is 0.496 e. The highest BCUT2D eigenvalue weighted by Gasteiger charge is 2.20. The molecule has 1 aromatic rings. The number of hydrogen-bond acceptors (Lipinski definition) is 4. The monoisotopic (exact) mass is 385 g/mol. The molecule has 0 spiro atoms. The molecule has 1 aromatic carbocycles. The number of benzene rings is 1. The molecule has 140 valence electrons. The molecule has 0 aromatic heterocycles. The molecule has 0 aliphatic carbocycles. The van der Waals surface area contributed by atoms with Gasteiger partial charge in [-0.2, -0.15) is 0 Å². The summed E-state index contributed by atoms with van der Waals surface area (Å²) in [6.45, 7) is 4.10. The molecule has 2 N–H and O–H groups in total. The van der Waals surface area contributed by atoms with Gasteiger partial charge in [0.15, 0.2) is 0 Å². The highest BCUT2D eigenvalue weighted by atomic mass is 35.5. The summed E-state index contributed by atoms with van der Waals surface area (Å²) in [5, 5.41) is 5.75. The number of ether oxygens (including phenoxy) is 1. The van der Waals surface area contributed by atoms with E-state index >= 15 is 0 Å². The van der Waals surface area contributed by atoms with Crippen molar-refractivity contribution in [1.82, 2.24) is 10.2 Å². The zero-order chi connectivity index (χ0) is 19.6. The molecule has 2 aliphatic rings. The number of amides is 2. The van der Waals surface area contributed by atoms with Crippen LogP contribution in [0, 0.1) is 0 Å². The molecule has 0 unspecified atom stereocenters. The molecule has 0 fully saturated rings. The fourth-order valence-electron chi connectivity index (χ4n) is 2.92. The summed E-state index contributed by atoms with van der Waals surface area (Å²) in [6, 6.07) is 3.02. The van der Waals surface area contributed by atoms with E-state index in [1.165, 1.54) is 26.2 Å². The number of nitrogens with zero attached hydrogens (tertiary/aromatic N) is 1. The first-order valence-electron chi connectivity index (χ1n) is 8.40. The number of anilines is 1. The minimum Gasteiger partial charge on any atom is -0.496 e. The molecule has 27 heavy (non-hydrogen) atoms. The van der Waals surface area contributed by atoms with Gasteiger partial charge < -0.3 is 20.3 Å². The Bertz CT molecular complexity index is 929. The maximum atomic E-state index is 12.8. The topological polar surface area (TPSA) is 70.7 Å². The van der Waals surface area contributed by atoms with E-state index in [4.69, 9.17) is 16.3 Å². The molecule has 7 heteroatoms. The minimum absolute atomic E-state index is 0.259. The van der Waals surface area contributed by atoms with Crippen molar-refractivity contribution in [2.24, 2.45) is 0 Å². The van der Waals surface area contributed by atoms with E-state index in [0.717, 1.165) is 11.4 Å². The number of carbonyl (C=O) groups is 2. The summed E-state index contributed by atoms with van der Waals surface area (Å²) in [7, 11) is 1.46. The second kappa shape index (κ2) is 7.72. The van der Waals surface area contributed by atoms with Crippen LogP contribution < -0.4 is 15.4 Å². The van der Waals surface area contributed by atoms with Gasteiger partial charge in [-0.1, -0.05) is 17.7 Å². The van der Waals surface area contributed by atoms with Crippen LogP contribution >= 0.6 is 11.6 Å². The number of halogens is 1. The van der Waals surface area contributed by atoms with Crippen molar-refractivity contribution in [2.45, 2.75) is 13.8 Å². The van der Waals surface area contributed by atoms with Gasteiger partial charge in [0.2, 0.25) is 5.91 Å². The minimum atomic E-state index is -0.341. The van der Waals surface area contributed by atoms with Crippen LogP contribution in [0.5, 0.6) is 5.75 Å². The Morgan fingerprint density at radius 2 is 2.04 bits per heavy atom. The molecule has 6 nitrogen and oxygen atoms in total. The molecule has 0 saturated carbocycles. The first-order valence-corrected chi connectivity index (χ1v) is 8.77. The standard InChI is InChI=1S/C20H20ClN3O3/c1-12-5-4-6-15-9-14(7-8-24(12)15)23-20(26)16-10-17(21)18(22-13(2)25)11-19(16)27-3/h4-7,9-11H,8H2,1-3H3,(H,22,25)(H,23,26). The van der Waals surface area contributed by atoms with E-state index < -0.39 is 0 Å². The summed E-state index contributed by atoms with van der Waals surface area (Å²) in [5.74, 6) is -0.279. The Hall–Kier alpha value is -2.99. The average molecular weight is 386 g/mol. The molecular formula is C20H20ClN3O3. The highest BCUT2D eigenvalue weighted by Crippen LogP contribution is 2.31. The predicted molar refractivity (Wildman–Crippen MR) is 106 cm³/mol. The summed E-state index contributed by atoms with van der Waals surface area (Å²) in [5.41, 5.74) is 3.54. The lowest BCUT2D eigenvalue weighted by molar-refractivity contribution is -0.114. The van der Waals surface area contributed by atoms with Crippen LogP contribution in [0.3, 0.4) is 0 Å². The van der Waals surface area contributed by atoms with E-state index in [0.29, 0.717) is 23.7 Å². The normalized spacial score (nSPS) is 15.3. The van der Waals surface area contributed by atoms with E-state index in [1.54, 1.807) is 0 Å². The molecular weight excluding hydrogens is 366 g/mol. The van der Waals surface area contributed by atoms with Crippen molar-refractivity contribution in [1.29, 1.82) is 0 Å². The third kappa shape index (κ3) is 4.06. The third-order valence-corrected chi connectivity index (χ3v) is 4.55. The van der Waals surface area contributed by atoms with Crippen LogP contribution in [-0.4, -0.2) is 30.4 Å². The van der Waals surface area contributed by atoms with Crippen LogP contribution in [0.15, 0.2) is 59.6 Å². The number of allylic oxidation sites excluding steroid dienone is 5. The van der Waals surface area contributed by atoms with Crippen LogP contribution in [-0.2, 0) is 4.79 Å². The second-order valence-corrected chi connectivity index (χ2v) is 6.58. The van der Waals surface area contributed by atoms with E-state index in [-0.39, 0.29) is 22.4 Å². The molecule has 0 atom stereocenters. The fraction of sp³-hybridized carbons (Fsp3) is 0.200. The lowest BCUT2D eigenvalue weighted by atomic mass is 10.1. The maximum absolute atomic E-state index is 12.8. The van der Waals surface area contributed by atoms with Crippen LogP contribution in [0.4, 0.5) is 5.69 Å². The number of rotatable bonds is 4. The molecule has 2 heterocycles. The van der Waals surface area contributed by atoms with Gasteiger partial charge in [-0.15, -0.1) is 0 Å². The Morgan fingerprint density at radius 1 is 1.26 bits per heavy atom. The predicted octanol–water partition coefficient (Wildman–Crippen LogP) is 3.59. The molecule has 0 saturated heterocycles. The Kier molecular flexibility index (Phi) is 5.37. The van der Waals surface area contributed by atoms with Crippen molar-refractivity contribution in [3.63, 3.8) is 0 Å². The summed E-state index contributed by atoms with van der Waals surface area (Å²) < 4.78 is 5.30. The van der Waals surface area contributed by atoms with Crippen molar-refractivity contribution >= 4 is 29.1 Å². The molecule has 2 aliphatic heterocycles. The van der Waals surface area contributed by atoms with Crippen molar-refractivity contribution in [3.8, 4) is 5.75 Å². The van der Waals surface area contributed by atoms with Crippen LogP contribution in [0.25, 0.3) is 0 Å². The molecule has 2 amide bonds. The average Bonchev–Trinajstić information content (AvgIpc) is 2.62. The first-order chi connectivity index (χ1) is 12.9. The highest BCUT2D eigenvalue weighted by molar-refractivity contribution is 6.34. The Morgan fingerprint density at radius 3 is 2.74 bits per heavy atom. The second-order valence-electron chi connectivity index (χ2n) is 6.17. The zero-order valence-electron chi connectivity index (χ0n) is 15.3. The zero-order valence-corrected chi connectivity index (χ0v) is 16.1. The van der Waals surface area contributed by atoms with Crippen molar-refractivity contribution in [3.05, 3.63) is 70.2 Å². The summed E-state index contributed by atoms with van der Waals surface area (Å²) in [4.78, 5) is 26.2. The first kappa shape index (κ1) is 18.8. The SMILES string of the molecule is COc1cc(NC(C)=O)c(Cl)cc1C(=O)NC1=CCN2C(C)=CC=CC2=C1. The van der Waals surface area contributed by atoms with Gasteiger partial charge in [0, 0.05) is 36.6 Å². The lowest BCUT2D eigenvalue weighted by Crippen LogP contribution is -2.30. The summed E-state index contributed by atoms with van der Waals surface area (Å²) >= 11 is 6.20. The van der Waals surface area contributed by atoms with E-state index in [9.17, 15) is 9.59 Å². The van der Waals surface area contributed by atoms with Gasteiger partial charge in [0.1, 0.15) is 5.75 Å². The van der Waals surface area contributed by atoms with Gasteiger partial charge in [0.05, 0.1) is 23.4 Å². The van der Waals surface area contributed by atoms with Crippen molar-refractivity contribution < 1.29 is 14.3 Å². The third-order valence-electron chi connectivity index (χ3n) is 4.24. The maximum Gasteiger partial charge on any atom is 0.259 e. The molecule has 0 bridgehead atoms. The van der Waals surface area contributed by atoms with Gasteiger partial charge >= 0.3 is 0 Å². The van der Waals surface area contributed by atoms with Gasteiger partial charge in [-0.05, 0) is 37.3 Å². The van der Waals surface area contributed by atoms with Gasteiger partial charge in [-0.25, -0.2) is 0 Å². The molecule has 3 rings (SSSR count). The smallest absolute Gasteiger partial charge is 0.259 e. The number of nitrogens with one attached hydrogen (secondary N) is 2. The van der Waals surface area contributed by atoms with Crippen LogP contribution in [0.1, 0.15) is 24.2 Å². The number of hydrogen-bond donors (Lipinski definition) is 2. The number of carbonyl (C=O) groups excluding carboxylic acids is 2. The van der Waals surface area contributed by atoms with E-state index in [2.05, 4.69) is 15.5 Å². The Balaban J connectivity index is 1.82. The van der Waals surface area contributed by atoms with Crippen molar-refractivity contribution in [2.75, 3.05) is 19.0 Å². The van der Waals surface area contributed by atoms with E-state index in [1.807, 2.05) is 37.3 Å². The number of fused-ring (bicyclic) bond motifs is 1. The van der Waals surface area contributed by atoms with Gasteiger partial charge in [0.25, 0.3) is 5.91 Å². The van der Waals surface area contributed by atoms with Gasteiger partial charge in [-0.3, -0.25) is 9.59 Å².